The number of para-hydroxylation sites is 1. The number of hydrogen-bond donors (Lipinski definition) is 0. The van der Waals surface area contributed by atoms with Crippen LogP contribution in [0.2, 0.25) is 0 Å². The van der Waals surface area contributed by atoms with E-state index in [9.17, 15) is 0 Å². The van der Waals surface area contributed by atoms with Crippen LogP contribution < -0.4 is 9.47 Å². The van der Waals surface area contributed by atoms with Gasteiger partial charge in [-0.2, -0.15) is 0 Å². The number of methoxy groups -OCH3 is 1. The Bertz CT molecular complexity index is 1000. The summed E-state index contributed by atoms with van der Waals surface area (Å²) in [5.74, 6) is 0.684. The van der Waals surface area contributed by atoms with Gasteiger partial charge in [0.15, 0.2) is 0 Å². The Morgan fingerprint density at radius 3 is 2.50 bits per heavy atom. The van der Waals surface area contributed by atoms with Crippen LogP contribution in [-0.2, 0) is 17.1 Å². The summed E-state index contributed by atoms with van der Waals surface area (Å²) in [6.45, 7) is 0.502. The van der Waals surface area contributed by atoms with E-state index < -0.39 is 5.79 Å². The Hall–Kier alpha value is -3.04. The van der Waals surface area contributed by atoms with Gasteiger partial charge in [-0.15, -0.1) is 0 Å². The molecule has 5 rings (SSSR count). The molecular weight excluding hydrogens is 324 g/mol. The summed E-state index contributed by atoms with van der Waals surface area (Å²) in [6.07, 6.45) is 2.18. The van der Waals surface area contributed by atoms with Gasteiger partial charge in [-0.25, -0.2) is 0 Å². The highest BCUT2D eigenvalue weighted by Crippen LogP contribution is 2.51. The van der Waals surface area contributed by atoms with Crippen molar-refractivity contribution in [1.29, 1.82) is 0 Å². The van der Waals surface area contributed by atoms with E-state index in [0.29, 0.717) is 6.61 Å². The first-order chi connectivity index (χ1) is 12.8. The molecule has 2 aliphatic rings. The van der Waals surface area contributed by atoms with Gasteiger partial charge in [0, 0.05) is 16.7 Å². The van der Waals surface area contributed by atoms with E-state index in [1.165, 1.54) is 11.1 Å². The highest BCUT2D eigenvalue weighted by molar-refractivity contribution is 5.91. The van der Waals surface area contributed by atoms with Crippen LogP contribution in [0.3, 0.4) is 0 Å². The molecule has 3 heteroatoms. The van der Waals surface area contributed by atoms with Gasteiger partial charge in [0.05, 0.1) is 13.7 Å². The maximum absolute atomic E-state index is 6.51. The first kappa shape index (κ1) is 15.2. The zero-order valence-corrected chi connectivity index (χ0v) is 14.4. The summed E-state index contributed by atoms with van der Waals surface area (Å²) in [5, 5.41) is 0. The molecule has 128 valence electrons. The van der Waals surface area contributed by atoms with Crippen molar-refractivity contribution in [3.05, 3.63) is 95.1 Å². The molecule has 0 fully saturated rings. The summed E-state index contributed by atoms with van der Waals surface area (Å²) >= 11 is 0. The van der Waals surface area contributed by atoms with E-state index in [1.807, 2.05) is 48.5 Å². The molecule has 0 saturated heterocycles. The smallest absolute Gasteiger partial charge is 0.265 e. The lowest BCUT2D eigenvalue weighted by Crippen LogP contribution is -2.42. The molecule has 1 unspecified atom stereocenters. The zero-order valence-electron chi connectivity index (χ0n) is 14.4. The lowest BCUT2D eigenvalue weighted by molar-refractivity contribution is -0.160. The third kappa shape index (κ3) is 2.18. The fraction of sp³-hybridized carbons (Fsp3) is 0.130. The number of benzene rings is 3. The van der Waals surface area contributed by atoms with Crippen LogP contribution in [0.5, 0.6) is 11.5 Å². The monoisotopic (exact) mass is 342 g/mol. The highest BCUT2D eigenvalue weighted by Gasteiger charge is 2.46. The molecule has 2 heterocycles. The second-order valence-corrected chi connectivity index (χ2v) is 6.49. The van der Waals surface area contributed by atoms with Gasteiger partial charge >= 0.3 is 0 Å². The van der Waals surface area contributed by atoms with Crippen LogP contribution in [-0.4, -0.2) is 7.11 Å². The second kappa shape index (κ2) is 5.75. The predicted molar refractivity (Wildman–Crippen MR) is 101 cm³/mol. The lowest BCUT2D eigenvalue weighted by atomic mass is 9.84. The van der Waals surface area contributed by atoms with Crippen molar-refractivity contribution in [1.82, 2.24) is 0 Å². The fourth-order valence-electron chi connectivity index (χ4n) is 3.71. The molecule has 1 atom stereocenters. The van der Waals surface area contributed by atoms with Crippen LogP contribution in [0.4, 0.5) is 0 Å². The minimum absolute atomic E-state index is 0.502. The third-order valence-corrected chi connectivity index (χ3v) is 5.04. The maximum Gasteiger partial charge on any atom is 0.265 e. The van der Waals surface area contributed by atoms with E-state index in [2.05, 4.69) is 30.3 Å². The van der Waals surface area contributed by atoms with Crippen molar-refractivity contribution in [2.45, 2.75) is 12.4 Å². The van der Waals surface area contributed by atoms with Crippen LogP contribution in [0.1, 0.15) is 22.3 Å². The van der Waals surface area contributed by atoms with Crippen molar-refractivity contribution in [3.8, 4) is 11.5 Å². The Kier molecular flexibility index (Phi) is 3.37. The van der Waals surface area contributed by atoms with E-state index in [4.69, 9.17) is 14.2 Å². The number of fused-ring (bicyclic) bond motifs is 4. The molecule has 2 aliphatic heterocycles. The first-order valence-corrected chi connectivity index (χ1v) is 8.67. The SMILES string of the molecule is COc1ccc(C23OCc4ccccc4C2=Cc2ccccc2O3)cc1. The molecule has 26 heavy (non-hydrogen) atoms. The van der Waals surface area contributed by atoms with Crippen molar-refractivity contribution in [2.24, 2.45) is 0 Å². The molecule has 0 aliphatic carbocycles. The average Bonchev–Trinajstić information content (AvgIpc) is 2.72. The molecule has 3 nitrogen and oxygen atoms in total. The minimum Gasteiger partial charge on any atom is -0.497 e. The van der Waals surface area contributed by atoms with E-state index in [1.54, 1.807) is 7.11 Å². The molecule has 0 bridgehead atoms. The van der Waals surface area contributed by atoms with E-state index in [0.717, 1.165) is 28.2 Å². The van der Waals surface area contributed by atoms with Crippen molar-refractivity contribution in [2.75, 3.05) is 7.11 Å². The van der Waals surface area contributed by atoms with Gasteiger partial charge in [-0.05, 0) is 47.5 Å². The molecule has 0 amide bonds. The van der Waals surface area contributed by atoms with Crippen LogP contribution in [0.25, 0.3) is 11.6 Å². The van der Waals surface area contributed by atoms with Gasteiger partial charge < -0.3 is 14.2 Å². The Morgan fingerprint density at radius 2 is 1.65 bits per heavy atom. The van der Waals surface area contributed by atoms with Gasteiger partial charge in [-0.3, -0.25) is 0 Å². The highest BCUT2D eigenvalue weighted by atomic mass is 16.7. The van der Waals surface area contributed by atoms with Gasteiger partial charge in [0.2, 0.25) is 0 Å². The largest absolute Gasteiger partial charge is 0.497 e. The molecule has 0 aromatic heterocycles. The Labute approximate surface area is 152 Å². The topological polar surface area (TPSA) is 27.7 Å². The predicted octanol–water partition coefficient (Wildman–Crippen LogP) is 5.01. The van der Waals surface area contributed by atoms with Crippen molar-refractivity contribution >= 4 is 11.6 Å². The minimum atomic E-state index is -0.949. The van der Waals surface area contributed by atoms with Crippen molar-refractivity contribution < 1.29 is 14.2 Å². The first-order valence-electron chi connectivity index (χ1n) is 8.67. The number of hydrogen-bond acceptors (Lipinski definition) is 3. The Balaban J connectivity index is 1.75. The standard InChI is InChI=1S/C23H18O3/c1-24-19-12-10-18(11-13-19)23-21(14-16-6-3-5-9-22(16)26-23)20-8-4-2-7-17(20)15-25-23/h2-14H,15H2,1H3. The Morgan fingerprint density at radius 1 is 0.885 bits per heavy atom. The summed E-state index contributed by atoms with van der Waals surface area (Å²) in [6, 6.07) is 24.3. The van der Waals surface area contributed by atoms with Gasteiger partial charge in [0.25, 0.3) is 5.79 Å². The van der Waals surface area contributed by atoms with Gasteiger partial charge in [-0.1, -0.05) is 42.5 Å². The van der Waals surface area contributed by atoms with Crippen LogP contribution in [0, 0.1) is 0 Å². The molecule has 0 saturated carbocycles. The lowest BCUT2D eigenvalue weighted by Gasteiger charge is -2.43. The molecular formula is C23H18O3. The van der Waals surface area contributed by atoms with Crippen LogP contribution >= 0.6 is 0 Å². The van der Waals surface area contributed by atoms with Crippen molar-refractivity contribution in [3.63, 3.8) is 0 Å². The van der Waals surface area contributed by atoms with E-state index in [-0.39, 0.29) is 0 Å². The van der Waals surface area contributed by atoms with E-state index >= 15 is 0 Å². The summed E-state index contributed by atoms with van der Waals surface area (Å²) < 4.78 is 18.2. The average molecular weight is 342 g/mol. The zero-order chi connectivity index (χ0) is 17.6. The van der Waals surface area contributed by atoms with Gasteiger partial charge in [0.1, 0.15) is 11.5 Å². The normalized spacial score (nSPS) is 20.1. The quantitative estimate of drug-likeness (QED) is 0.655. The molecule has 3 aromatic carbocycles. The third-order valence-electron chi connectivity index (χ3n) is 5.04. The molecule has 0 spiro atoms. The second-order valence-electron chi connectivity index (χ2n) is 6.49. The molecule has 0 radical (unpaired) electrons. The molecule has 0 N–H and O–H groups in total. The molecule has 3 aromatic rings. The number of rotatable bonds is 2. The maximum atomic E-state index is 6.51. The number of ether oxygens (including phenoxy) is 3. The summed E-state index contributed by atoms with van der Waals surface area (Å²) in [7, 11) is 1.67. The fourth-order valence-corrected chi connectivity index (χ4v) is 3.71. The van der Waals surface area contributed by atoms with Crippen LogP contribution in [0.15, 0.2) is 72.8 Å². The summed E-state index contributed by atoms with van der Waals surface area (Å²) in [5.41, 5.74) is 5.39. The summed E-state index contributed by atoms with van der Waals surface area (Å²) in [4.78, 5) is 0.